The van der Waals surface area contributed by atoms with Crippen LogP contribution in [0.25, 0.3) is 6.08 Å². The van der Waals surface area contributed by atoms with Gasteiger partial charge in [-0.2, -0.15) is 0 Å². The van der Waals surface area contributed by atoms with Crippen molar-refractivity contribution in [1.29, 1.82) is 0 Å². The zero-order valence-electron chi connectivity index (χ0n) is 23.1. The van der Waals surface area contributed by atoms with Crippen molar-refractivity contribution in [3.8, 4) is 11.5 Å². The van der Waals surface area contributed by atoms with E-state index in [-0.39, 0.29) is 35.6 Å². The van der Waals surface area contributed by atoms with Gasteiger partial charge in [0.1, 0.15) is 29.7 Å². The number of likely N-dealkylation sites (N-methyl/N-ethyl adjacent to an activating group) is 1. The standard InChI is InChI=1S/C28H42N4O5/c1-8-17(3)23-26(33)29-14-12-19-16-20(10-11-21(19)36-7)37-22-13-15-32(25(22)27(34)30-23)28(35)24(31(5)6)18(4)9-2/h10-12,14,16-18,22-25H,8-9,13,15H2,1-7H3,(H,29,33)(H,30,34)/t17-,18-,22-,23-,24-,25-/m0/s1. The highest BCUT2D eigenvalue weighted by Crippen LogP contribution is 2.31. The molecule has 2 aliphatic heterocycles. The molecule has 0 radical (unpaired) electrons. The fourth-order valence-corrected chi connectivity index (χ4v) is 5.15. The minimum Gasteiger partial charge on any atom is -0.496 e. The van der Waals surface area contributed by atoms with Crippen LogP contribution in [-0.4, -0.2) is 79.5 Å². The van der Waals surface area contributed by atoms with Crippen LogP contribution in [0, 0.1) is 11.8 Å². The Balaban J connectivity index is 2.05. The predicted octanol–water partition coefficient (Wildman–Crippen LogP) is 2.65. The Morgan fingerprint density at radius 1 is 1.19 bits per heavy atom. The lowest BCUT2D eigenvalue weighted by atomic mass is 9.96. The maximum absolute atomic E-state index is 13.9. The minimum absolute atomic E-state index is 0.100. The molecule has 6 atom stereocenters. The fourth-order valence-electron chi connectivity index (χ4n) is 5.15. The van der Waals surface area contributed by atoms with E-state index >= 15 is 0 Å². The summed E-state index contributed by atoms with van der Waals surface area (Å²) in [6.07, 6.45) is 4.76. The van der Waals surface area contributed by atoms with Crippen molar-refractivity contribution >= 4 is 23.8 Å². The van der Waals surface area contributed by atoms with Gasteiger partial charge in [0.25, 0.3) is 0 Å². The van der Waals surface area contributed by atoms with E-state index in [4.69, 9.17) is 9.47 Å². The van der Waals surface area contributed by atoms with Gasteiger partial charge in [-0.1, -0.05) is 40.5 Å². The Labute approximate surface area is 220 Å². The fraction of sp³-hybridized carbons (Fsp3) is 0.607. The third kappa shape index (κ3) is 6.26. The number of nitrogens with one attached hydrogen (secondary N) is 2. The number of fused-ring (bicyclic) bond motifs is 3. The van der Waals surface area contributed by atoms with Crippen LogP contribution in [0.1, 0.15) is 52.5 Å². The molecule has 3 amide bonds. The highest BCUT2D eigenvalue weighted by atomic mass is 16.5. The molecule has 0 aromatic heterocycles. The first-order chi connectivity index (χ1) is 17.6. The molecule has 204 valence electrons. The van der Waals surface area contributed by atoms with Crippen LogP contribution in [0.5, 0.6) is 11.5 Å². The SMILES string of the molecule is CC[C@H](C)[C@@H]1NC(=O)[C@@H]2[C@H](CCN2C(=O)[C@H]([C@@H](C)CC)N(C)C)Oc2ccc(OC)c(c2)C=CNC1=O. The van der Waals surface area contributed by atoms with Gasteiger partial charge in [0, 0.05) is 24.7 Å². The Hall–Kier alpha value is -3.07. The predicted molar refractivity (Wildman–Crippen MR) is 143 cm³/mol. The smallest absolute Gasteiger partial charge is 0.247 e. The first-order valence-corrected chi connectivity index (χ1v) is 13.2. The van der Waals surface area contributed by atoms with Gasteiger partial charge in [0.05, 0.1) is 13.2 Å². The molecule has 2 aliphatic rings. The summed E-state index contributed by atoms with van der Waals surface area (Å²) in [7, 11) is 5.35. The number of methoxy groups -OCH3 is 1. The summed E-state index contributed by atoms with van der Waals surface area (Å²) < 4.78 is 11.8. The zero-order valence-corrected chi connectivity index (χ0v) is 23.1. The van der Waals surface area contributed by atoms with Crippen molar-refractivity contribution in [3.63, 3.8) is 0 Å². The Kier molecular flexibility index (Phi) is 9.59. The maximum Gasteiger partial charge on any atom is 0.247 e. The molecule has 0 unspecified atom stereocenters. The molecule has 37 heavy (non-hydrogen) atoms. The first kappa shape index (κ1) is 28.5. The lowest BCUT2D eigenvalue weighted by Crippen LogP contribution is -2.60. The largest absolute Gasteiger partial charge is 0.496 e. The van der Waals surface area contributed by atoms with Gasteiger partial charge in [-0.25, -0.2) is 0 Å². The van der Waals surface area contributed by atoms with Gasteiger partial charge in [-0.05, 0) is 50.2 Å². The Morgan fingerprint density at radius 3 is 2.54 bits per heavy atom. The molecule has 1 saturated heterocycles. The van der Waals surface area contributed by atoms with Crippen LogP contribution < -0.4 is 20.1 Å². The lowest BCUT2D eigenvalue weighted by molar-refractivity contribution is -0.145. The van der Waals surface area contributed by atoms with Crippen LogP contribution in [0.3, 0.4) is 0 Å². The second-order valence-corrected chi connectivity index (χ2v) is 10.3. The summed E-state index contributed by atoms with van der Waals surface area (Å²) in [6, 6.07) is 3.40. The minimum atomic E-state index is -0.863. The van der Waals surface area contributed by atoms with Crippen LogP contribution in [-0.2, 0) is 14.4 Å². The van der Waals surface area contributed by atoms with Crippen LogP contribution in [0.15, 0.2) is 24.4 Å². The van der Waals surface area contributed by atoms with Gasteiger partial charge in [0.15, 0.2) is 0 Å². The summed E-state index contributed by atoms with van der Waals surface area (Å²) in [6.45, 7) is 8.40. The van der Waals surface area contributed by atoms with Crippen molar-refractivity contribution < 1.29 is 23.9 Å². The number of hydrogen-bond acceptors (Lipinski definition) is 6. The molecule has 2 N–H and O–H groups in total. The molecule has 0 saturated carbocycles. The third-order valence-corrected chi connectivity index (χ3v) is 7.66. The van der Waals surface area contributed by atoms with E-state index in [1.54, 1.807) is 36.4 Å². The first-order valence-electron chi connectivity index (χ1n) is 13.2. The second-order valence-electron chi connectivity index (χ2n) is 10.3. The highest BCUT2D eigenvalue weighted by Gasteiger charge is 2.47. The van der Waals surface area contributed by atoms with Gasteiger partial charge < -0.3 is 25.0 Å². The quantitative estimate of drug-likeness (QED) is 0.580. The summed E-state index contributed by atoms with van der Waals surface area (Å²) in [5.74, 6) is 0.390. The van der Waals surface area contributed by atoms with Gasteiger partial charge in [0.2, 0.25) is 17.7 Å². The van der Waals surface area contributed by atoms with Crippen molar-refractivity contribution in [3.05, 3.63) is 30.0 Å². The lowest BCUT2D eigenvalue weighted by Gasteiger charge is -2.36. The topological polar surface area (TPSA) is 100 Å². The number of amides is 3. The summed E-state index contributed by atoms with van der Waals surface area (Å²) in [4.78, 5) is 44.4. The molecule has 0 aliphatic carbocycles. The monoisotopic (exact) mass is 514 g/mol. The molecule has 9 heteroatoms. The average molecular weight is 515 g/mol. The van der Waals surface area contributed by atoms with Gasteiger partial charge in [-0.15, -0.1) is 0 Å². The number of likely N-dealkylation sites (tertiary alicyclic amines) is 1. The molecular formula is C28H42N4O5. The van der Waals surface area contributed by atoms with Gasteiger partial charge in [-0.3, -0.25) is 19.3 Å². The number of benzene rings is 1. The number of rotatable bonds is 7. The van der Waals surface area contributed by atoms with Crippen molar-refractivity contribution in [1.82, 2.24) is 20.4 Å². The van der Waals surface area contributed by atoms with E-state index in [2.05, 4.69) is 17.6 Å². The Morgan fingerprint density at radius 2 is 1.92 bits per heavy atom. The maximum atomic E-state index is 13.9. The zero-order chi connectivity index (χ0) is 27.3. The van der Waals surface area contributed by atoms with E-state index < -0.39 is 18.2 Å². The number of hydrogen-bond donors (Lipinski definition) is 2. The summed E-state index contributed by atoms with van der Waals surface area (Å²) in [5.41, 5.74) is 0.728. The van der Waals surface area contributed by atoms with Crippen molar-refractivity contribution in [2.24, 2.45) is 11.8 Å². The number of ether oxygens (including phenoxy) is 2. The average Bonchev–Trinajstić information content (AvgIpc) is 3.29. The molecule has 3 rings (SSSR count). The van der Waals surface area contributed by atoms with Gasteiger partial charge >= 0.3 is 0 Å². The molecule has 0 spiro atoms. The van der Waals surface area contributed by atoms with Crippen LogP contribution in [0.4, 0.5) is 0 Å². The van der Waals surface area contributed by atoms with E-state index in [1.165, 1.54) is 0 Å². The third-order valence-electron chi connectivity index (χ3n) is 7.66. The van der Waals surface area contributed by atoms with E-state index in [1.807, 2.05) is 45.8 Å². The highest BCUT2D eigenvalue weighted by molar-refractivity contribution is 5.94. The molecule has 2 heterocycles. The molecule has 1 aromatic carbocycles. The summed E-state index contributed by atoms with van der Waals surface area (Å²) in [5, 5.41) is 5.76. The Bertz CT molecular complexity index is 1010. The molecule has 2 bridgehead atoms. The number of carbonyl (C=O) groups is 3. The van der Waals surface area contributed by atoms with Crippen LogP contribution >= 0.6 is 0 Å². The molecular weight excluding hydrogens is 472 g/mol. The van der Waals surface area contributed by atoms with E-state index in [0.29, 0.717) is 30.9 Å². The van der Waals surface area contributed by atoms with E-state index in [9.17, 15) is 14.4 Å². The molecule has 1 aromatic rings. The van der Waals surface area contributed by atoms with Crippen molar-refractivity contribution in [2.45, 2.75) is 71.2 Å². The molecule has 9 nitrogen and oxygen atoms in total. The second kappa shape index (κ2) is 12.4. The van der Waals surface area contributed by atoms with E-state index in [0.717, 1.165) is 12.0 Å². The van der Waals surface area contributed by atoms with Crippen LogP contribution in [0.2, 0.25) is 0 Å². The summed E-state index contributed by atoms with van der Waals surface area (Å²) >= 11 is 0. The number of nitrogens with zero attached hydrogens (tertiary/aromatic N) is 2. The van der Waals surface area contributed by atoms with Crippen molar-refractivity contribution in [2.75, 3.05) is 27.7 Å². The molecule has 1 fully saturated rings. The normalized spacial score (nSPS) is 24.4. The number of carbonyl (C=O) groups excluding carboxylic acids is 3.